The van der Waals surface area contributed by atoms with E-state index in [2.05, 4.69) is 51.5 Å². The second kappa shape index (κ2) is 8.61. The van der Waals surface area contributed by atoms with Gasteiger partial charge in [0, 0.05) is 44.6 Å². The maximum Gasteiger partial charge on any atom is 0.270 e. The summed E-state index contributed by atoms with van der Waals surface area (Å²) in [5.74, 6) is -0.359. The zero-order chi connectivity index (χ0) is 23.0. The number of carbonyl (C=O) groups excluding carboxylic acids is 1. The van der Waals surface area contributed by atoms with Crippen molar-refractivity contribution in [1.82, 2.24) is 24.6 Å². The molecule has 33 heavy (non-hydrogen) atoms. The van der Waals surface area contributed by atoms with Crippen LogP contribution in [0.2, 0.25) is 25.2 Å². The molecule has 0 unspecified atom stereocenters. The molecule has 5 rings (SSSR count). The minimum absolute atomic E-state index is 0.127. The number of fused-ring (bicyclic) bond motifs is 2. The summed E-state index contributed by atoms with van der Waals surface area (Å²) in [6.45, 7) is 8.68. The molecule has 0 radical (unpaired) electrons. The highest BCUT2D eigenvalue weighted by Gasteiger charge is 2.27. The third-order valence-electron chi connectivity index (χ3n) is 6.60. The van der Waals surface area contributed by atoms with Gasteiger partial charge in [-0.15, -0.1) is 0 Å². The van der Waals surface area contributed by atoms with Crippen LogP contribution in [0.3, 0.4) is 0 Å². The summed E-state index contributed by atoms with van der Waals surface area (Å²) in [6.07, 6.45) is 1.64. The van der Waals surface area contributed by atoms with Gasteiger partial charge in [-0.05, 0) is 60.4 Å². The summed E-state index contributed by atoms with van der Waals surface area (Å²) in [6, 6.07) is 17.7. The Morgan fingerprint density at radius 2 is 1.94 bits per heavy atom. The van der Waals surface area contributed by atoms with Crippen LogP contribution >= 0.6 is 0 Å². The number of rotatable bonds is 5. The van der Waals surface area contributed by atoms with Gasteiger partial charge in [0.15, 0.2) is 0 Å². The fraction of sp³-hybridized carbons (Fsp3) is 0.320. The zero-order valence-corrected chi connectivity index (χ0v) is 20.1. The van der Waals surface area contributed by atoms with Crippen LogP contribution in [-0.2, 0) is 13.1 Å². The first kappa shape index (κ1) is 21.6. The molecule has 7 nitrogen and oxygen atoms in total. The summed E-state index contributed by atoms with van der Waals surface area (Å²) < 4.78 is 1.42. The lowest BCUT2D eigenvalue weighted by Crippen LogP contribution is -2.42. The van der Waals surface area contributed by atoms with E-state index in [1.807, 2.05) is 6.07 Å². The number of nitrogens with one attached hydrogen (secondary N) is 2. The fourth-order valence-corrected chi connectivity index (χ4v) is 6.52. The molecule has 0 saturated carbocycles. The number of aromatic nitrogens is 3. The molecule has 2 N–H and O–H groups in total. The molecule has 1 fully saturated rings. The summed E-state index contributed by atoms with van der Waals surface area (Å²) in [5.41, 5.74) is 3.61. The number of amides is 1. The highest BCUT2D eigenvalue weighted by molar-refractivity contribution is 6.77. The summed E-state index contributed by atoms with van der Waals surface area (Å²) in [5, 5.41) is 4.06. The standard InChI is InChI=1S/C25H29N5O2Si/c1-33(2)11-9-29(10-12-33)17-20-14-19-7-6-18(13-21(19)27-20)16-26-25(32)22-15-24(31)30-8-4-3-5-23(30)28-22/h3-8,13-15,27H,9-12,16-17H2,1-2H3,(H,26,32). The summed E-state index contributed by atoms with van der Waals surface area (Å²) >= 11 is 0. The van der Waals surface area contributed by atoms with Gasteiger partial charge in [0.25, 0.3) is 11.5 Å². The summed E-state index contributed by atoms with van der Waals surface area (Å²) in [7, 11) is -0.958. The molecule has 0 atom stereocenters. The number of hydrogen-bond donors (Lipinski definition) is 2. The van der Waals surface area contributed by atoms with Gasteiger partial charge in [-0.25, -0.2) is 4.98 Å². The minimum atomic E-state index is -0.958. The van der Waals surface area contributed by atoms with Crippen LogP contribution in [-0.4, -0.2) is 46.3 Å². The van der Waals surface area contributed by atoms with Crippen LogP contribution in [0.5, 0.6) is 0 Å². The highest BCUT2D eigenvalue weighted by atomic mass is 28.3. The minimum Gasteiger partial charge on any atom is -0.357 e. The lowest BCUT2D eigenvalue weighted by molar-refractivity contribution is 0.0946. The van der Waals surface area contributed by atoms with Crippen LogP contribution in [0.1, 0.15) is 21.7 Å². The van der Waals surface area contributed by atoms with E-state index in [9.17, 15) is 9.59 Å². The van der Waals surface area contributed by atoms with E-state index in [1.165, 1.54) is 46.7 Å². The molecule has 0 aliphatic carbocycles. The number of hydrogen-bond acceptors (Lipinski definition) is 4. The van der Waals surface area contributed by atoms with Gasteiger partial charge in [-0.3, -0.25) is 18.9 Å². The van der Waals surface area contributed by atoms with Crippen LogP contribution in [0.4, 0.5) is 0 Å². The van der Waals surface area contributed by atoms with Crippen molar-refractivity contribution in [2.45, 2.75) is 38.3 Å². The number of nitrogens with zero attached hydrogens (tertiary/aromatic N) is 3. The molecule has 170 valence electrons. The van der Waals surface area contributed by atoms with Crippen molar-refractivity contribution >= 4 is 30.5 Å². The fourth-order valence-electron chi connectivity index (χ4n) is 4.43. The Hall–Kier alpha value is -3.23. The first-order valence-corrected chi connectivity index (χ1v) is 14.9. The maximum absolute atomic E-state index is 12.6. The largest absolute Gasteiger partial charge is 0.357 e. The maximum atomic E-state index is 12.6. The average Bonchev–Trinajstić information content (AvgIpc) is 3.20. The number of aromatic amines is 1. The van der Waals surface area contributed by atoms with Crippen molar-refractivity contribution in [3.05, 3.63) is 82.0 Å². The predicted molar refractivity (Wildman–Crippen MR) is 133 cm³/mol. The zero-order valence-electron chi connectivity index (χ0n) is 19.1. The molecular weight excluding hydrogens is 430 g/mol. The molecular formula is C25H29N5O2Si. The molecule has 1 saturated heterocycles. The molecule has 1 aliphatic heterocycles. The highest BCUT2D eigenvalue weighted by Crippen LogP contribution is 2.24. The predicted octanol–water partition coefficient (Wildman–Crippen LogP) is 3.63. The molecule has 4 aromatic rings. The third kappa shape index (κ3) is 4.77. The monoisotopic (exact) mass is 459 g/mol. The third-order valence-corrected chi connectivity index (χ3v) is 9.76. The molecule has 4 heterocycles. The second-order valence-electron chi connectivity index (χ2n) is 9.75. The van der Waals surface area contributed by atoms with Crippen molar-refractivity contribution in [1.29, 1.82) is 0 Å². The number of benzene rings is 1. The normalized spacial score (nSPS) is 16.3. The van der Waals surface area contributed by atoms with Gasteiger partial charge in [-0.1, -0.05) is 31.3 Å². The SMILES string of the molecule is C[Si]1(C)CCN(Cc2cc3ccc(CNC(=O)c4cc(=O)n5ccccc5n4)cc3[nH]2)CC1. The van der Waals surface area contributed by atoms with Crippen molar-refractivity contribution in [3.8, 4) is 0 Å². The Morgan fingerprint density at radius 1 is 1.12 bits per heavy atom. The van der Waals surface area contributed by atoms with E-state index >= 15 is 0 Å². The van der Waals surface area contributed by atoms with Crippen LogP contribution in [0, 0.1) is 0 Å². The quantitative estimate of drug-likeness (QED) is 0.447. The Balaban J connectivity index is 1.25. The molecule has 3 aromatic heterocycles. The van der Waals surface area contributed by atoms with Gasteiger partial charge < -0.3 is 10.3 Å². The molecule has 0 spiro atoms. The van der Waals surface area contributed by atoms with Gasteiger partial charge in [0.1, 0.15) is 11.3 Å². The van der Waals surface area contributed by atoms with Gasteiger partial charge in [0.05, 0.1) is 0 Å². The average molecular weight is 460 g/mol. The first-order valence-electron chi connectivity index (χ1n) is 11.5. The number of pyridine rings is 1. The van der Waals surface area contributed by atoms with Crippen molar-refractivity contribution in [3.63, 3.8) is 0 Å². The lowest BCUT2D eigenvalue weighted by Gasteiger charge is -2.35. The van der Waals surface area contributed by atoms with Crippen LogP contribution in [0.15, 0.2) is 59.5 Å². The second-order valence-corrected chi connectivity index (χ2v) is 15.1. The number of H-pyrrole nitrogens is 1. The van der Waals surface area contributed by atoms with E-state index in [0.717, 1.165) is 17.6 Å². The van der Waals surface area contributed by atoms with Gasteiger partial charge >= 0.3 is 0 Å². The van der Waals surface area contributed by atoms with Gasteiger partial charge in [0.2, 0.25) is 0 Å². The Labute approximate surface area is 193 Å². The smallest absolute Gasteiger partial charge is 0.270 e. The topological polar surface area (TPSA) is 82.5 Å². The van der Waals surface area contributed by atoms with E-state index in [0.29, 0.717) is 12.2 Å². The van der Waals surface area contributed by atoms with E-state index in [1.54, 1.807) is 24.4 Å². The van der Waals surface area contributed by atoms with Crippen LogP contribution in [0.25, 0.3) is 16.6 Å². The first-order chi connectivity index (χ1) is 15.9. The summed E-state index contributed by atoms with van der Waals surface area (Å²) in [4.78, 5) is 35.3. The molecule has 1 amide bonds. The Kier molecular flexibility index (Phi) is 5.63. The van der Waals surface area contributed by atoms with E-state index in [4.69, 9.17) is 0 Å². The van der Waals surface area contributed by atoms with Crippen molar-refractivity contribution in [2.75, 3.05) is 13.1 Å². The van der Waals surface area contributed by atoms with Crippen LogP contribution < -0.4 is 10.9 Å². The van der Waals surface area contributed by atoms with E-state index in [-0.39, 0.29) is 17.2 Å². The van der Waals surface area contributed by atoms with Crippen molar-refractivity contribution < 1.29 is 4.79 Å². The molecule has 8 heteroatoms. The van der Waals surface area contributed by atoms with E-state index < -0.39 is 8.07 Å². The number of carbonyl (C=O) groups is 1. The van der Waals surface area contributed by atoms with Gasteiger partial charge in [-0.2, -0.15) is 0 Å². The molecule has 1 aliphatic rings. The lowest BCUT2D eigenvalue weighted by atomic mass is 10.1. The Bertz CT molecular complexity index is 1380. The molecule has 1 aromatic carbocycles. The van der Waals surface area contributed by atoms with Crippen molar-refractivity contribution in [2.24, 2.45) is 0 Å². The molecule has 0 bridgehead atoms. The Morgan fingerprint density at radius 3 is 2.76 bits per heavy atom.